The Morgan fingerprint density at radius 2 is 1.59 bits per heavy atom. The number of hydrogen-bond donors (Lipinski definition) is 0. The van der Waals surface area contributed by atoms with E-state index >= 15 is 0 Å². The zero-order valence-corrected chi connectivity index (χ0v) is 13.1. The average Bonchev–Trinajstić information content (AvgIpc) is 2.29. The van der Waals surface area contributed by atoms with Crippen molar-refractivity contribution in [2.75, 3.05) is 5.50 Å². The van der Waals surface area contributed by atoms with Crippen LogP contribution in [-0.4, -0.2) is 19.9 Å². The fourth-order valence-corrected chi connectivity index (χ4v) is 8.30. The molecule has 3 heteroatoms. The maximum absolute atomic E-state index is 6.62. The average molecular weight is 275 g/mol. The Kier molecular flexibility index (Phi) is 4.96. The van der Waals surface area contributed by atoms with Crippen molar-refractivity contribution < 1.29 is 4.43 Å². The van der Waals surface area contributed by atoms with E-state index in [-0.39, 0.29) is 0 Å². The molecule has 17 heavy (non-hydrogen) atoms. The van der Waals surface area contributed by atoms with Gasteiger partial charge < -0.3 is 4.43 Å². The molecule has 1 nitrogen and oxygen atoms in total. The Labute approximate surface area is 112 Å². The van der Waals surface area contributed by atoms with Crippen LogP contribution >= 0.6 is 11.6 Å². The molecule has 2 atom stereocenters. The van der Waals surface area contributed by atoms with Crippen LogP contribution in [0.15, 0.2) is 0 Å². The summed E-state index contributed by atoms with van der Waals surface area (Å²) in [4.78, 5) is 0. The number of rotatable bonds is 3. The molecular weight excluding hydrogens is 248 g/mol. The van der Waals surface area contributed by atoms with E-state index in [2.05, 4.69) is 13.8 Å². The van der Waals surface area contributed by atoms with Crippen molar-refractivity contribution in [3.05, 3.63) is 0 Å². The largest absolute Gasteiger partial charge is 0.413 e. The Balaban J connectivity index is 1.93. The minimum Gasteiger partial charge on any atom is -0.413 e. The molecule has 2 fully saturated rings. The second-order valence-corrected chi connectivity index (χ2v) is 11.2. The van der Waals surface area contributed by atoms with Crippen LogP contribution in [0.1, 0.15) is 52.4 Å². The van der Waals surface area contributed by atoms with E-state index in [1.165, 1.54) is 50.6 Å². The summed E-state index contributed by atoms with van der Waals surface area (Å²) in [6.45, 7) is 4.75. The van der Waals surface area contributed by atoms with Crippen molar-refractivity contribution in [2.45, 2.75) is 70.6 Å². The molecule has 100 valence electrons. The molecule has 0 N–H and O–H groups in total. The third-order valence-electron chi connectivity index (χ3n) is 4.56. The summed E-state index contributed by atoms with van der Waals surface area (Å²) in [5, 5.41) is 0. The first kappa shape index (κ1) is 13.9. The zero-order chi connectivity index (χ0) is 12.3. The van der Waals surface area contributed by atoms with Crippen LogP contribution in [-0.2, 0) is 4.43 Å². The maximum Gasteiger partial charge on any atom is 0.207 e. The molecule has 0 radical (unpaired) electrons. The van der Waals surface area contributed by atoms with Gasteiger partial charge in [-0.2, -0.15) is 0 Å². The summed E-state index contributed by atoms with van der Waals surface area (Å²) in [6, 6.07) is 2.63. The molecule has 0 bridgehead atoms. The van der Waals surface area contributed by atoms with Gasteiger partial charge in [0.25, 0.3) is 0 Å². The highest BCUT2D eigenvalue weighted by molar-refractivity contribution is 6.80. The monoisotopic (exact) mass is 274 g/mol. The van der Waals surface area contributed by atoms with E-state index in [4.69, 9.17) is 16.0 Å². The van der Waals surface area contributed by atoms with Gasteiger partial charge in [-0.1, -0.05) is 33.1 Å². The van der Waals surface area contributed by atoms with E-state index in [0.29, 0.717) is 6.10 Å². The summed E-state index contributed by atoms with van der Waals surface area (Å²) < 4.78 is 6.62. The first-order chi connectivity index (χ1) is 8.13. The molecule has 2 aliphatic rings. The third kappa shape index (κ3) is 3.71. The zero-order valence-electron chi connectivity index (χ0n) is 11.4. The van der Waals surface area contributed by atoms with Gasteiger partial charge in [0, 0.05) is 11.6 Å². The molecule has 0 spiro atoms. The standard InChI is InChI=1S/C14H27ClOSi/c1-12-8-13(2)10-14(9-12)16-17(11-15)6-4-3-5-7-17/h12-14H,3-11H2,1-2H3. The molecule has 1 saturated carbocycles. The van der Waals surface area contributed by atoms with Crippen LogP contribution < -0.4 is 0 Å². The lowest BCUT2D eigenvalue weighted by molar-refractivity contribution is 0.0903. The Bertz CT molecular complexity index is 230. The minimum atomic E-state index is -1.54. The lowest BCUT2D eigenvalue weighted by atomic mass is 9.82. The van der Waals surface area contributed by atoms with Crippen molar-refractivity contribution in [3.63, 3.8) is 0 Å². The van der Waals surface area contributed by atoms with Gasteiger partial charge in [-0.25, -0.2) is 0 Å². The van der Waals surface area contributed by atoms with Gasteiger partial charge in [-0.15, -0.1) is 11.6 Å². The van der Waals surface area contributed by atoms with Crippen molar-refractivity contribution in [1.29, 1.82) is 0 Å². The quantitative estimate of drug-likeness (QED) is 0.534. The van der Waals surface area contributed by atoms with Gasteiger partial charge >= 0.3 is 0 Å². The lowest BCUT2D eigenvalue weighted by Crippen LogP contribution is -2.47. The van der Waals surface area contributed by atoms with Crippen molar-refractivity contribution >= 4 is 19.9 Å². The second-order valence-electron chi connectivity index (χ2n) is 6.53. The molecule has 0 aromatic carbocycles. The SMILES string of the molecule is CC1CC(C)CC(O[Si]2(CCl)CCCCC2)C1. The molecule has 1 saturated heterocycles. The first-order valence-corrected chi connectivity index (χ1v) is 10.4. The number of hydrogen-bond acceptors (Lipinski definition) is 1. The van der Waals surface area contributed by atoms with Crippen molar-refractivity contribution in [3.8, 4) is 0 Å². The predicted octanol–water partition coefficient (Wildman–Crippen LogP) is 4.74. The van der Waals surface area contributed by atoms with Crippen LogP contribution in [0.2, 0.25) is 12.1 Å². The topological polar surface area (TPSA) is 9.23 Å². The second kappa shape index (κ2) is 6.07. The Morgan fingerprint density at radius 1 is 1.00 bits per heavy atom. The van der Waals surface area contributed by atoms with Crippen molar-refractivity contribution in [2.24, 2.45) is 11.8 Å². The molecule has 0 aromatic rings. The van der Waals surface area contributed by atoms with E-state index in [0.717, 1.165) is 17.3 Å². The Hall–Kier alpha value is 0.467. The van der Waals surface area contributed by atoms with E-state index in [1.807, 2.05) is 0 Å². The summed E-state index contributed by atoms with van der Waals surface area (Å²) in [5.74, 6) is 1.68. The van der Waals surface area contributed by atoms with Gasteiger partial charge in [0.1, 0.15) is 0 Å². The predicted molar refractivity (Wildman–Crippen MR) is 77.0 cm³/mol. The van der Waals surface area contributed by atoms with Gasteiger partial charge in [0.05, 0.1) is 0 Å². The minimum absolute atomic E-state index is 0.525. The summed E-state index contributed by atoms with van der Waals surface area (Å²) in [6.07, 6.45) is 8.57. The van der Waals surface area contributed by atoms with Gasteiger partial charge in [0.15, 0.2) is 0 Å². The molecule has 1 aliphatic heterocycles. The third-order valence-corrected chi connectivity index (χ3v) is 9.87. The van der Waals surface area contributed by atoms with E-state index < -0.39 is 8.32 Å². The first-order valence-electron chi connectivity index (χ1n) is 7.37. The lowest BCUT2D eigenvalue weighted by Gasteiger charge is -2.40. The van der Waals surface area contributed by atoms with Crippen LogP contribution in [0.25, 0.3) is 0 Å². The summed E-state index contributed by atoms with van der Waals surface area (Å²) >= 11 is 6.27. The van der Waals surface area contributed by atoms with Crippen molar-refractivity contribution in [1.82, 2.24) is 0 Å². The number of halogens is 1. The summed E-state index contributed by atoms with van der Waals surface area (Å²) in [5.41, 5.74) is 0.826. The molecule has 2 unspecified atom stereocenters. The van der Waals surface area contributed by atoms with Gasteiger partial charge in [-0.05, 0) is 43.2 Å². The highest BCUT2D eigenvalue weighted by Crippen LogP contribution is 2.37. The maximum atomic E-state index is 6.62. The molecule has 2 rings (SSSR count). The normalized spacial score (nSPS) is 37.9. The van der Waals surface area contributed by atoms with E-state index in [1.54, 1.807) is 0 Å². The van der Waals surface area contributed by atoms with E-state index in [9.17, 15) is 0 Å². The molecule has 1 aliphatic carbocycles. The smallest absolute Gasteiger partial charge is 0.207 e. The van der Waals surface area contributed by atoms with Crippen LogP contribution in [0.4, 0.5) is 0 Å². The van der Waals surface area contributed by atoms with Gasteiger partial charge in [-0.3, -0.25) is 0 Å². The fourth-order valence-electron chi connectivity index (χ4n) is 3.80. The van der Waals surface area contributed by atoms with Gasteiger partial charge in [0.2, 0.25) is 8.32 Å². The molecular formula is C14H27ClOSi. The van der Waals surface area contributed by atoms with Crippen LogP contribution in [0, 0.1) is 11.8 Å². The van der Waals surface area contributed by atoms with Crippen LogP contribution in [0.3, 0.4) is 0 Å². The fraction of sp³-hybridized carbons (Fsp3) is 1.00. The highest BCUT2D eigenvalue weighted by atomic mass is 35.5. The van der Waals surface area contributed by atoms with Crippen LogP contribution in [0.5, 0.6) is 0 Å². The molecule has 1 heterocycles. The summed E-state index contributed by atoms with van der Waals surface area (Å²) in [7, 11) is -1.54. The highest BCUT2D eigenvalue weighted by Gasteiger charge is 2.39. The molecule has 0 aromatic heterocycles. The molecule has 0 amide bonds. The Morgan fingerprint density at radius 3 is 2.12 bits per heavy atom. The number of alkyl halides is 1.